The van der Waals surface area contributed by atoms with Gasteiger partial charge in [-0.2, -0.15) is 0 Å². The molecule has 0 bridgehead atoms. The van der Waals surface area contributed by atoms with Gasteiger partial charge in [0.25, 0.3) is 0 Å². The van der Waals surface area contributed by atoms with E-state index < -0.39 is 5.92 Å². The second kappa shape index (κ2) is 9.37. The zero-order valence-electron chi connectivity index (χ0n) is 19.6. The average molecular weight is 483 g/mol. The number of hydrogen-bond acceptors (Lipinski definition) is 5. The van der Waals surface area contributed by atoms with Gasteiger partial charge in [0.15, 0.2) is 11.5 Å². The molecule has 0 spiro atoms. The number of nitrogens with zero attached hydrogens (tertiary/aromatic N) is 2. The van der Waals surface area contributed by atoms with Crippen LogP contribution in [-0.4, -0.2) is 41.5 Å². The lowest BCUT2D eigenvalue weighted by molar-refractivity contribution is -0.127. The van der Waals surface area contributed by atoms with Gasteiger partial charge >= 0.3 is 0 Å². The van der Waals surface area contributed by atoms with E-state index in [0.29, 0.717) is 49.2 Å². The Hall–Kier alpha value is -4.33. The van der Waals surface area contributed by atoms with Crippen LogP contribution in [0.25, 0.3) is 11.0 Å². The van der Waals surface area contributed by atoms with E-state index in [2.05, 4.69) is 10.3 Å². The molecule has 4 aromatic rings. The number of carbonyl (C=O) groups excluding carboxylic acids is 2. The van der Waals surface area contributed by atoms with Gasteiger partial charge in [-0.15, -0.1) is 0 Å². The highest BCUT2D eigenvalue weighted by atomic mass is 16.6. The molecule has 3 aromatic carbocycles. The number of H-pyrrole nitrogens is 1. The van der Waals surface area contributed by atoms with Gasteiger partial charge in [-0.25, -0.2) is 4.98 Å². The normalized spacial score (nSPS) is 17.8. The Bertz CT molecular complexity index is 1380. The second-order valence-corrected chi connectivity index (χ2v) is 9.12. The molecule has 8 nitrogen and oxygen atoms in total. The summed E-state index contributed by atoms with van der Waals surface area (Å²) in [7, 11) is 0. The van der Waals surface area contributed by atoms with Crippen molar-refractivity contribution in [2.45, 2.75) is 18.9 Å². The number of carbonyl (C=O) groups is 2. The first kappa shape index (κ1) is 22.2. The lowest BCUT2D eigenvalue weighted by Crippen LogP contribution is -2.37. The Balaban J connectivity index is 1.21. The SMILES string of the molecule is O=C(N[C@H](Cc1ccccc1)c1nc2ccccc2[nH]1)[C@@H]1CC(=O)N(c2ccc3c(c2)OCCO3)C1. The number of para-hydroxylation sites is 2. The van der Waals surface area contributed by atoms with Gasteiger partial charge in [0.05, 0.1) is 23.0 Å². The van der Waals surface area contributed by atoms with Crippen molar-refractivity contribution >= 4 is 28.5 Å². The summed E-state index contributed by atoms with van der Waals surface area (Å²) in [6, 6.07) is 22.9. The highest BCUT2D eigenvalue weighted by Gasteiger charge is 2.36. The molecule has 8 heteroatoms. The summed E-state index contributed by atoms with van der Waals surface area (Å²) in [5.41, 5.74) is 3.56. The summed E-state index contributed by atoms with van der Waals surface area (Å²) in [4.78, 5) is 36.0. The molecule has 1 saturated heterocycles. The molecule has 2 aliphatic heterocycles. The Morgan fingerprint density at radius 3 is 2.64 bits per heavy atom. The predicted molar refractivity (Wildman–Crippen MR) is 135 cm³/mol. The Morgan fingerprint density at radius 1 is 1.03 bits per heavy atom. The van der Waals surface area contributed by atoms with Crippen LogP contribution in [0.3, 0.4) is 0 Å². The molecule has 1 aromatic heterocycles. The molecule has 0 saturated carbocycles. The van der Waals surface area contributed by atoms with Crippen molar-refractivity contribution in [3.8, 4) is 11.5 Å². The number of fused-ring (bicyclic) bond motifs is 2. The molecule has 0 aliphatic carbocycles. The quantitative estimate of drug-likeness (QED) is 0.436. The van der Waals surface area contributed by atoms with Gasteiger partial charge in [0, 0.05) is 24.7 Å². The van der Waals surface area contributed by atoms with Crippen molar-refractivity contribution in [1.29, 1.82) is 0 Å². The van der Waals surface area contributed by atoms with Crippen LogP contribution in [-0.2, 0) is 16.0 Å². The van der Waals surface area contributed by atoms with Gasteiger partial charge in [-0.1, -0.05) is 42.5 Å². The number of anilines is 1. The summed E-state index contributed by atoms with van der Waals surface area (Å²) >= 11 is 0. The lowest BCUT2D eigenvalue weighted by Gasteiger charge is -2.22. The number of aromatic amines is 1. The minimum Gasteiger partial charge on any atom is -0.486 e. The zero-order chi connectivity index (χ0) is 24.5. The highest BCUT2D eigenvalue weighted by molar-refractivity contribution is 6.00. The number of nitrogens with one attached hydrogen (secondary N) is 2. The second-order valence-electron chi connectivity index (χ2n) is 9.12. The van der Waals surface area contributed by atoms with Crippen molar-refractivity contribution in [3.05, 3.63) is 84.2 Å². The van der Waals surface area contributed by atoms with Gasteiger partial charge in [-0.05, 0) is 36.2 Å². The largest absolute Gasteiger partial charge is 0.486 e. The number of hydrogen-bond donors (Lipinski definition) is 2. The maximum Gasteiger partial charge on any atom is 0.227 e. The van der Waals surface area contributed by atoms with Crippen LogP contribution < -0.4 is 19.7 Å². The fraction of sp³-hybridized carbons (Fsp3) is 0.250. The van der Waals surface area contributed by atoms with E-state index in [1.165, 1.54) is 0 Å². The number of benzene rings is 3. The summed E-state index contributed by atoms with van der Waals surface area (Å²) in [5, 5.41) is 3.17. The molecule has 1 fully saturated rings. The van der Waals surface area contributed by atoms with Crippen LogP contribution in [0.2, 0.25) is 0 Å². The van der Waals surface area contributed by atoms with Crippen LogP contribution in [0.1, 0.15) is 23.9 Å². The highest BCUT2D eigenvalue weighted by Crippen LogP contribution is 2.36. The summed E-state index contributed by atoms with van der Waals surface area (Å²) < 4.78 is 11.2. The Labute approximate surface area is 208 Å². The maximum absolute atomic E-state index is 13.4. The molecular weight excluding hydrogens is 456 g/mol. The fourth-order valence-corrected chi connectivity index (χ4v) is 4.83. The molecule has 2 aliphatic rings. The van der Waals surface area contributed by atoms with Gasteiger partial charge in [0.1, 0.15) is 19.0 Å². The van der Waals surface area contributed by atoms with E-state index in [1.807, 2.05) is 66.7 Å². The summed E-state index contributed by atoms with van der Waals surface area (Å²) in [6.07, 6.45) is 0.734. The monoisotopic (exact) mass is 482 g/mol. The molecule has 2 amide bonds. The van der Waals surface area contributed by atoms with E-state index in [1.54, 1.807) is 11.0 Å². The minimum absolute atomic E-state index is 0.0878. The average Bonchev–Trinajstić information content (AvgIpc) is 3.52. The van der Waals surface area contributed by atoms with Crippen molar-refractivity contribution in [2.75, 3.05) is 24.7 Å². The van der Waals surface area contributed by atoms with Gasteiger partial charge in [0.2, 0.25) is 11.8 Å². The fourth-order valence-electron chi connectivity index (χ4n) is 4.83. The van der Waals surface area contributed by atoms with E-state index in [0.717, 1.165) is 16.6 Å². The maximum atomic E-state index is 13.4. The Morgan fingerprint density at radius 2 is 1.81 bits per heavy atom. The third kappa shape index (κ3) is 4.37. The van der Waals surface area contributed by atoms with Crippen LogP contribution in [0, 0.1) is 5.92 Å². The van der Waals surface area contributed by atoms with Crippen molar-refractivity contribution in [1.82, 2.24) is 15.3 Å². The number of imidazole rings is 1. The van der Waals surface area contributed by atoms with Crippen molar-refractivity contribution < 1.29 is 19.1 Å². The minimum atomic E-state index is -0.464. The van der Waals surface area contributed by atoms with Crippen LogP contribution in [0.15, 0.2) is 72.8 Å². The number of ether oxygens (including phenoxy) is 2. The third-order valence-electron chi connectivity index (χ3n) is 6.67. The molecule has 6 rings (SSSR count). The van der Waals surface area contributed by atoms with Gasteiger partial charge in [-0.3, -0.25) is 9.59 Å². The van der Waals surface area contributed by atoms with Crippen LogP contribution >= 0.6 is 0 Å². The standard InChI is InChI=1S/C28H26N4O4/c33-26-15-19(17-32(26)20-10-11-24-25(16-20)36-13-12-35-24)28(34)31-23(14-18-6-2-1-3-7-18)27-29-21-8-4-5-9-22(21)30-27/h1-11,16,19,23H,12-15,17H2,(H,29,30)(H,31,34)/t19-,23-/m1/s1. The topological polar surface area (TPSA) is 96.5 Å². The molecule has 0 unspecified atom stereocenters. The molecule has 36 heavy (non-hydrogen) atoms. The van der Waals surface area contributed by atoms with Crippen molar-refractivity contribution in [2.24, 2.45) is 5.92 Å². The molecule has 2 N–H and O–H groups in total. The number of amides is 2. The van der Waals surface area contributed by atoms with E-state index in [-0.39, 0.29) is 24.3 Å². The van der Waals surface area contributed by atoms with E-state index in [4.69, 9.17) is 14.5 Å². The molecular formula is C28H26N4O4. The molecule has 0 radical (unpaired) electrons. The van der Waals surface area contributed by atoms with Crippen molar-refractivity contribution in [3.63, 3.8) is 0 Å². The molecule has 2 atom stereocenters. The van der Waals surface area contributed by atoms with E-state index >= 15 is 0 Å². The lowest BCUT2D eigenvalue weighted by atomic mass is 10.0. The zero-order valence-corrected chi connectivity index (χ0v) is 19.6. The number of rotatable bonds is 6. The Kier molecular flexibility index (Phi) is 5.77. The van der Waals surface area contributed by atoms with Crippen LogP contribution in [0.4, 0.5) is 5.69 Å². The summed E-state index contributed by atoms with van der Waals surface area (Å²) in [5.74, 6) is 1.27. The first-order chi connectivity index (χ1) is 17.6. The predicted octanol–water partition coefficient (Wildman–Crippen LogP) is 3.79. The smallest absolute Gasteiger partial charge is 0.227 e. The van der Waals surface area contributed by atoms with E-state index in [9.17, 15) is 9.59 Å². The molecule has 182 valence electrons. The molecule has 3 heterocycles. The van der Waals surface area contributed by atoms with Gasteiger partial charge < -0.3 is 24.7 Å². The number of aromatic nitrogens is 2. The first-order valence-corrected chi connectivity index (χ1v) is 12.1. The third-order valence-corrected chi connectivity index (χ3v) is 6.67. The summed E-state index contributed by atoms with van der Waals surface area (Å²) in [6.45, 7) is 1.29. The van der Waals surface area contributed by atoms with Crippen LogP contribution in [0.5, 0.6) is 11.5 Å². The first-order valence-electron chi connectivity index (χ1n) is 12.1.